The molecule has 36 heavy (non-hydrogen) atoms. The van der Waals surface area contributed by atoms with Gasteiger partial charge in [-0.25, -0.2) is 8.42 Å². The van der Waals surface area contributed by atoms with E-state index < -0.39 is 16.1 Å². The molecule has 1 atom stereocenters. The highest BCUT2D eigenvalue weighted by atomic mass is 35.5. The number of hydrogen-bond acceptors (Lipinski definition) is 4. The molecule has 0 aliphatic rings. The van der Waals surface area contributed by atoms with Crippen LogP contribution < -0.4 is 9.62 Å². The molecule has 0 radical (unpaired) electrons. The maximum atomic E-state index is 13.4. The van der Waals surface area contributed by atoms with Crippen molar-refractivity contribution >= 4 is 50.7 Å². The molecular weight excluding hydrogens is 521 g/mol. The van der Waals surface area contributed by atoms with Gasteiger partial charge in [-0.05, 0) is 60.7 Å². The molecule has 7 nitrogen and oxygen atoms in total. The Hall–Kier alpha value is -2.29. The number of amides is 2. The lowest BCUT2D eigenvalue weighted by molar-refractivity contribution is -0.141. The normalized spacial score (nSPS) is 12.3. The van der Waals surface area contributed by atoms with E-state index >= 15 is 0 Å². The van der Waals surface area contributed by atoms with Crippen LogP contribution in [0.3, 0.4) is 0 Å². The third-order valence-corrected chi connectivity index (χ3v) is 7.30. The highest BCUT2D eigenvalue weighted by Crippen LogP contribution is 2.22. The zero-order valence-electron chi connectivity index (χ0n) is 21.2. The lowest BCUT2D eigenvalue weighted by Crippen LogP contribution is -2.49. The summed E-state index contributed by atoms with van der Waals surface area (Å²) in [4.78, 5) is 28.0. The summed E-state index contributed by atoms with van der Waals surface area (Å²) in [5.74, 6) is -0.143. The van der Waals surface area contributed by atoms with Crippen LogP contribution in [-0.2, 0) is 26.2 Å². The van der Waals surface area contributed by atoms with E-state index in [1.54, 1.807) is 41.3 Å². The first kappa shape index (κ1) is 29.9. The molecule has 0 heterocycles. The van der Waals surface area contributed by atoms with Gasteiger partial charge in [-0.3, -0.25) is 13.9 Å². The molecule has 10 heteroatoms. The van der Waals surface area contributed by atoms with Crippen molar-refractivity contribution in [2.45, 2.75) is 52.6 Å². The molecule has 1 unspecified atom stereocenters. The number of sulfonamides is 1. The van der Waals surface area contributed by atoms with Crippen LogP contribution in [0.1, 0.15) is 45.6 Å². The van der Waals surface area contributed by atoms with Gasteiger partial charge in [0.1, 0.15) is 6.04 Å². The maximum Gasteiger partial charge on any atom is 0.242 e. The third-order valence-electron chi connectivity index (χ3n) is 5.60. The molecule has 0 aromatic heterocycles. The number of anilines is 1. The summed E-state index contributed by atoms with van der Waals surface area (Å²) in [7, 11) is -3.56. The molecule has 2 aromatic carbocycles. The molecule has 0 saturated carbocycles. The van der Waals surface area contributed by atoms with Crippen molar-refractivity contribution in [2.24, 2.45) is 5.92 Å². The van der Waals surface area contributed by atoms with Crippen molar-refractivity contribution in [2.75, 3.05) is 23.7 Å². The summed E-state index contributed by atoms with van der Waals surface area (Å²) >= 11 is 11.9. The molecule has 1 N–H and O–H groups in total. The minimum atomic E-state index is -3.56. The molecule has 0 aliphatic carbocycles. The second-order valence-corrected chi connectivity index (χ2v) is 11.9. The average molecular weight is 557 g/mol. The van der Waals surface area contributed by atoms with Gasteiger partial charge in [0.15, 0.2) is 0 Å². The smallest absolute Gasteiger partial charge is 0.242 e. The van der Waals surface area contributed by atoms with Crippen molar-refractivity contribution in [1.82, 2.24) is 10.2 Å². The van der Waals surface area contributed by atoms with Gasteiger partial charge >= 0.3 is 0 Å². The molecule has 0 aliphatic heterocycles. The number of nitrogens with zero attached hydrogens (tertiary/aromatic N) is 2. The Morgan fingerprint density at radius 2 is 1.53 bits per heavy atom. The molecule has 198 valence electrons. The van der Waals surface area contributed by atoms with Crippen LogP contribution in [-0.4, -0.2) is 50.5 Å². The summed E-state index contributed by atoms with van der Waals surface area (Å²) in [5.41, 5.74) is 1.33. The van der Waals surface area contributed by atoms with Crippen molar-refractivity contribution in [3.8, 4) is 0 Å². The Kier molecular flexibility index (Phi) is 11.5. The van der Waals surface area contributed by atoms with Crippen LogP contribution in [0.2, 0.25) is 10.0 Å². The molecule has 2 rings (SSSR count). The van der Waals surface area contributed by atoms with Crippen molar-refractivity contribution in [3.63, 3.8) is 0 Å². The van der Waals surface area contributed by atoms with Gasteiger partial charge in [0.25, 0.3) is 0 Å². The van der Waals surface area contributed by atoms with E-state index in [-0.39, 0.29) is 43.7 Å². The first-order valence-electron chi connectivity index (χ1n) is 12.0. The molecular formula is C26H35Cl2N3O4S. The molecule has 0 spiro atoms. The summed E-state index contributed by atoms with van der Waals surface area (Å²) in [6.07, 6.45) is 1.95. The quantitative estimate of drug-likeness (QED) is 0.371. The van der Waals surface area contributed by atoms with Crippen LogP contribution in [0, 0.1) is 5.92 Å². The van der Waals surface area contributed by atoms with Gasteiger partial charge in [0.05, 0.1) is 11.9 Å². The van der Waals surface area contributed by atoms with Crippen LogP contribution in [0.5, 0.6) is 0 Å². The second kappa shape index (κ2) is 13.9. The standard InChI is InChI=1S/C26H35Cl2N3O4S/c1-5-24(26(33)29-17-19(2)3)30(18-20-8-10-21(27)11-9-20)25(32)7-6-16-31(36(4,34)35)23-14-12-22(28)13-15-23/h8-15,19,24H,5-7,16-18H2,1-4H3,(H,29,33). The summed E-state index contributed by atoms with van der Waals surface area (Å²) in [5, 5.41) is 4.02. The highest BCUT2D eigenvalue weighted by Gasteiger charge is 2.29. The lowest BCUT2D eigenvalue weighted by Gasteiger charge is -2.31. The summed E-state index contributed by atoms with van der Waals surface area (Å²) < 4.78 is 26.1. The Balaban J connectivity index is 2.19. The minimum absolute atomic E-state index is 0.0845. The van der Waals surface area contributed by atoms with E-state index in [9.17, 15) is 18.0 Å². The Morgan fingerprint density at radius 3 is 2.03 bits per heavy atom. The van der Waals surface area contributed by atoms with E-state index in [1.807, 2.05) is 32.9 Å². The lowest BCUT2D eigenvalue weighted by atomic mass is 10.1. The zero-order chi connectivity index (χ0) is 26.9. The van der Waals surface area contributed by atoms with E-state index in [2.05, 4.69) is 5.32 Å². The highest BCUT2D eigenvalue weighted by molar-refractivity contribution is 7.92. The van der Waals surface area contributed by atoms with Crippen LogP contribution in [0.4, 0.5) is 5.69 Å². The molecule has 0 bridgehead atoms. The van der Waals surface area contributed by atoms with E-state index in [0.717, 1.165) is 11.8 Å². The van der Waals surface area contributed by atoms with Gasteiger partial charge in [-0.1, -0.05) is 56.1 Å². The number of halogens is 2. The third kappa shape index (κ3) is 9.30. The predicted octanol–water partition coefficient (Wildman–Crippen LogP) is 5.12. The minimum Gasteiger partial charge on any atom is -0.354 e. The monoisotopic (exact) mass is 555 g/mol. The van der Waals surface area contributed by atoms with Gasteiger partial charge in [-0.15, -0.1) is 0 Å². The largest absolute Gasteiger partial charge is 0.354 e. The molecule has 0 saturated heterocycles. The van der Waals surface area contributed by atoms with Crippen molar-refractivity contribution < 1.29 is 18.0 Å². The second-order valence-electron chi connectivity index (χ2n) is 9.13. The van der Waals surface area contributed by atoms with Gasteiger partial charge < -0.3 is 10.2 Å². The van der Waals surface area contributed by atoms with Gasteiger partial charge in [-0.2, -0.15) is 0 Å². The van der Waals surface area contributed by atoms with E-state index in [0.29, 0.717) is 28.7 Å². The molecule has 0 fully saturated rings. The zero-order valence-corrected chi connectivity index (χ0v) is 23.5. The maximum absolute atomic E-state index is 13.4. The Morgan fingerprint density at radius 1 is 0.972 bits per heavy atom. The van der Waals surface area contributed by atoms with Crippen molar-refractivity contribution in [3.05, 3.63) is 64.1 Å². The van der Waals surface area contributed by atoms with E-state index in [4.69, 9.17) is 23.2 Å². The predicted molar refractivity (Wildman–Crippen MR) is 147 cm³/mol. The fourth-order valence-corrected chi connectivity index (χ4v) is 4.96. The van der Waals surface area contributed by atoms with Gasteiger partial charge in [0.2, 0.25) is 21.8 Å². The van der Waals surface area contributed by atoms with Crippen molar-refractivity contribution in [1.29, 1.82) is 0 Å². The van der Waals surface area contributed by atoms with E-state index in [1.165, 1.54) is 4.31 Å². The van der Waals surface area contributed by atoms with Crippen LogP contribution in [0.25, 0.3) is 0 Å². The molecule has 2 aromatic rings. The number of carbonyl (C=O) groups is 2. The number of nitrogens with one attached hydrogen (secondary N) is 1. The van der Waals surface area contributed by atoms with Crippen LogP contribution >= 0.6 is 23.2 Å². The fourth-order valence-electron chi connectivity index (χ4n) is 3.74. The summed E-state index contributed by atoms with van der Waals surface area (Å²) in [6, 6.07) is 13.0. The number of rotatable bonds is 13. The SMILES string of the molecule is CCC(C(=O)NCC(C)C)N(Cc1ccc(Cl)cc1)C(=O)CCCN(c1ccc(Cl)cc1)S(C)(=O)=O. The first-order valence-corrected chi connectivity index (χ1v) is 14.6. The number of carbonyl (C=O) groups excluding carboxylic acids is 2. The molecule has 2 amide bonds. The Labute approximate surface area is 224 Å². The fraction of sp³-hybridized carbons (Fsp3) is 0.462. The first-order chi connectivity index (χ1) is 16.9. The number of hydrogen-bond donors (Lipinski definition) is 1. The van der Waals surface area contributed by atoms with Crippen LogP contribution in [0.15, 0.2) is 48.5 Å². The average Bonchev–Trinajstić information content (AvgIpc) is 2.81. The topological polar surface area (TPSA) is 86.8 Å². The van der Waals surface area contributed by atoms with Gasteiger partial charge in [0, 0.05) is 36.1 Å². The Bertz CT molecular complexity index is 1110. The summed E-state index contributed by atoms with van der Waals surface area (Å²) in [6.45, 7) is 6.77. The number of benzene rings is 2.